The molecule has 0 aromatic carbocycles. The molecule has 2 aliphatic rings. The van der Waals surface area contributed by atoms with E-state index in [4.69, 9.17) is 0 Å². The van der Waals surface area contributed by atoms with Crippen molar-refractivity contribution in [3.8, 4) is 0 Å². The van der Waals surface area contributed by atoms with Crippen LogP contribution in [-0.2, 0) is 4.79 Å². The molecule has 3 nitrogen and oxygen atoms in total. The Morgan fingerprint density at radius 1 is 0.833 bits per heavy atom. The van der Waals surface area contributed by atoms with Gasteiger partial charge >= 0.3 is 0 Å². The second kappa shape index (κ2) is 9.79. The monoisotopic (exact) mass is 340 g/mol. The zero-order chi connectivity index (χ0) is 17.7. The lowest BCUT2D eigenvalue weighted by atomic mass is 9.75. The van der Waals surface area contributed by atoms with E-state index < -0.39 is 0 Å². The molecule has 0 aliphatic carbocycles. The first-order valence-corrected chi connectivity index (χ1v) is 9.52. The van der Waals surface area contributed by atoms with Gasteiger partial charge in [-0.05, 0) is 70.9 Å². The minimum Gasteiger partial charge on any atom is -0.343 e. The highest BCUT2D eigenvalue weighted by atomic mass is 16.2. The van der Waals surface area contributed by atoms with Crippen molar-refractivity contribution in [2.75, 3.05) is 26.2 Å². The van der Waals surface area contributed by atoms with Crippen molar-refractivity contribution in [3.63, 3.8) is 0 Å². The molecule has 2 heterocycles. The van der Waals surface area contributed by atoms with E-state index in [1.807, 2.05) is 4.90 Å². The number of rotatable bonds is 0. The summed E-state index contributed by atoms with van der Waals surface area (Å²) in [6.45, 7) is 20.0. The first-order valence-electron chi connectivity index (χ1n) is 9.52. The highest BCUT2D eigenvalue weighted by Gasteiger charge is 2.29. The van der Waals surface area contributed by atoms with Crippen LogP contribution in [0.3, 0.4) is 0 Å². The van der Waals surface area contributed by atoms with Crippen molar-refractivity contribution in [3.05, 3.63) is 0 Å². The minimum atomic E-state index is 0. The van der Waals surface area contributed by atoms with Crippen molar-refractivity contribution in [2.45, 2.75) is 93.5 Å². The van der Waals surface area contributed by atoms with Crippen LogP contribution in [-0.4, -0.2) is 47.4 Å². The quantitative estimate of drug-likeness (QED) is 0.605. The van der Waals surface area contributed by atoms with Gasteiger partial charge in [0, 0.05) is 25.6 Å². The molecule has 0 atom stereocenters. The fraction of sp³-hybridized carbons (Fsp3) is 0.952. The summed E-state index contributed by atoms with van der Waals surface area (Å²) in [6, 6.07) is 0. The summed E-state index contributed by atoms with van der Waals surface area (Å²) in [5.74, 6) is 1.01. The molecule has 144 valence electrons. The Kier molecular flexibility index (Phi) is 9.56. The van der Waals surface area contributed by atoms with Crippen LogP contribution in [0, 0.1) is 11.3 Å². The van der Waals surface area contributed by atoms with Crippen LogP contribution in [0.5, 0.6) is 0 Å². The summed E-state index contributed by atoms with van der Waals surface area (Å²) in [6.07, 6.45) is 6.58. The molecular formula is C21H44N2O. The molecule has 0 aromatic rings. The highest BCUT2D eigenvalue weighted by molar-refractivity contribution is 5.73. The molecule has 0 aromatic heterocycles. The maximum atomic E-state index is 11.1. The smallest absolute Gasteiger partial charge is 0.219 e. The van der Waals surface area contributed by atoms with Gasteiger partial charge in [-0.2, -0.15) is 0 Å². The van der Waals surface area contributed by atoms with Crippen LogP contribution < -0.4 is 0 Å². The summed E-state index contributed by atoms with van der Waals surface area (Å²) < 4.78 is 0. The van der Waals surface area contributed by atoms with E-state index in [2.05, 4.69) is 46.4 Å². The Hall–Kier alpha value is -0.570. The first-order chi connectivity index (χ1) is 10.5. The van der Waals surface area contributed by atoms with Crippen LogP contribution in [0.15, 0.2) is 0 Å². The second-order valence-electron chi connectivity index (χ2n) is 9.36. The molecule has 0 unspecified atom stereocenters. The minimum absolute atomic E-state index is 0. The summed E-state index contributed by atoms with van der Waals surface area (Å²) in [5, 5.41) is 0. The standard InChI is InChI=1S/C11H21NO.C9H19N.CH4/c1-9(13)12-7-5-10(6-8-12)11(2,3)4;1-9(2,3)10-7-5-4-6-8-10;/h10H,5-8H2,1-4H3;4-8H2,1-3H3;1H4. The summed E-state index contributed by atoms with van der Waals surface area (Å²) >= 11 is 0. The Labute approximate surface area is 152 Å². The van der Waals surface area contributed by atoms with Crippen molar-refractivity contribution >= 4 is 5.91 Å². The molecule has 1 amide bonds. The molecule has 2 aliphatic heterocycles. The summed E-state index contributed by atoms with van der Waals surface area (Å²) in [7, 11) is 0. The van der Waals surface area contributed by atoms with Gasteiger partial charge in [0.15, 0.2) is 0 Å². The van der Waals surface area contributed by atoms with Crippen molar-refractivity contribution in [2.24, 2.45) is 11.3 Å². The fourth-order valence-corrected chi connectivity index (χ4v) is 3.63. The van der Waals surface area contributed by atoms with Crippen LogP contribution in [0.25, 0.3) is 0 Å². The lowest BCUT2D eigenvalue weighted by Gasteiger charge is -2.38. The van der Waals surface area contributed by atoms with Crippen molar-refractivity contribution in [1.82, 2.24) is 9.80 Å². The average Bonchev–Trinajstić information content (AvgIpc) is 2.47. The average molecular weight is 341 g/mol. The number of hydrogen-bond acceptors (Lipinski definition) is 2. The van der Waals surface area contributed by atoms with Gasteiger partial charge in [0.05, 0.1) is 0 Å². The van der Waals surface area contributed by atoms with Gasteiger partial charge in [-0.25, -0.2) is 0 Å². The van der Waals surface area contributed by atoms with E-state index in [0.717, 1.165) is 19.0 Å². The van der Waals surface area contributed by atoms with E-state index in [1.165, 1.54) is 45.2 Å². The van der Waals surface area contributed by atoms with Gasteiger partial charge in [0.1, 0.15) is 0 Å². The van der Waals surface area contributed by atoms with E-state index >= 15 is 0 Å². The van der Waals surface area contributed by atoms with Crippen LogP contribution in [0.2, 0.25) is 0 Å². The normalized spacial score (nSPS) is 20.7. The van der Waals surface area contributed by atoms with Crippen LogP contribution in [0.1, 0.15) is 88.0 Å². The predicted molar refractivity (Wildman–Crippen MR) is 106 cm³/mol. The number of piperidine rings is 2. The van der Waals surface area contributed by atoms with Gasteiger partial charge in [0.2, 0.25) is 5.91 Å². The Bertz CT molecular complexity index is 351. The maximum absolute atomic E-state index is 11.1. The number of carbonyl (C=O) groups excluding carboxylic acids is 1. The molecule has 2 fully saturated rings. The number of amides is 1. The van der Waals surface area contributed by atoms with E-state index in [-0.39, 0.29) is 13.3 Å². The lowest BCUT2D eigenvalue weighted by molar-refractivity contribution is -0.130. The number of nitrogens with zero attached hydrogens (tertiary/aromatic N) is 2. The largest absolute Gasteiger partial charge is 0.343 e. The van der Waals surface area contributed by atoms with Gasteiger partial charge in [-0.15, -0.1) is 0 Å². The van der Waals surface area contributed by atoms with E-state index in [9.17, 15) is 4.79 Å². The summed E-state index contributed by atoms with van der Waals surface area (Å²) in [4.78, 5) is 15.6. The van der Waals surface area contributed by atoms with Gasteiger partial charge < -0.3 is 4.90 Å². The third kappa shape index (κ3) is 8.00. The molecule has 2 rings (SSSR count). The topological polar surface area (TPSA) is 23.6 Å². The number of hydrogen-bond donors (Lipinski definition) is 0. The van der Waals surface area contributed by atoms with Crippen LogP contribution >= 0.6 is 0 Å². The molecular weight excluding hydrogens is 296 g/mol. The molecule has 0 N–H and O–H groups in total. The molecule has 0 spiro atoms. The Morgan fingerprint density at radius 2 is 1.29 bits per heavy atom. The summed E-state index contributed by atoms with van der Waals surface area (Å²) in [5.41, 5.74) is 0.809. The molecule has 3 heteroatoms. The lowest BCUT2D eigenvalue weighted by Crippen LogP contribution is -2.44. The van der Waals surface area contributed by atoms with Crippen molar-refractivity contribution < 1.29 is 4.79 Å². The number of carbonyl (C=O) groups is 1. The van der Waals surface area contributed by atoms with Crippen molar-refractivity contribution in [1.29, 1.82) is 0 Å². The fourth-order valence-electron chi connectivity index (χ4n) is 3.63. The second-order valence-corrected chi connectivity index (χ2v) is 9.36. The third-order valence-electron chi connectivity index (χ3n) is 5.47. The number of likely N-dealkylation sites (tertiary alicyclic amines) is 2. The van der Waals surface area contributed by atoms with Crippen LogP contribution in [0.4, 0.5) is 0 Å². The zero-order valence-electron chi connectivity index (χ0n) is 16.7. The third-order valence-corrected chi connectivity index (χ3v) is 5.47. The van der Waals surface area contributed by atoms with Gasteiger partial charge in [-0.1, -0.05) is 34.6 Å². The first kappa shape index (κ1) is 23.4. The Morgan fingerprint density at radius 3 is 1.58 bits per heavy atom. The maximum Gasteiger partial charge on any atom is 0.219 e. The van der Waals surface area contributed by atoms with E-state index in [0.29, 0.717) is 11.0 Å². The molecule has 0 saturated carbocycles. The SMILES string of the molecule is C.CC(=O)N1CCC(C(C)(C)C)CC1.CC(C)(C)N1CCCCC1. The molecule has 2 saturated heterocycles. The molecule has 0 bridgehead atoms. The predicted octanol–water partition coefficient (Wildman–Crippen LogP) is 5.20. The van der Waals surface area contributed by atoms with Gasteiger partial charge in [-0.3, -0.25) is 9.69 Å². The highest BCUT2D eigenvalue weighted by Crippen LogP contribution is 2.34. The molecule has 24 heavy (non-hydrogen) atoms. The van der Waals surface area contributed by atoms with E-state index in [1.54, 1.807) is 6.92 Å². The molecule has 0 radical (unpaired) electrons. The Balaban J connectivity index is 0.000000436. The zero-order valence-corrected chi connectivity index (χ0v) is 16.7. The van der Waals surface area contributed by atoms with Gasteiger partial charge in [0.25, 0.3) is 0 Å².